The first kappa shape index (κ1) is 10.3. The average Bonchev–Trinajstić information content (AvgIpc) is 2.77. The van der Waals surface area contributed by atoms with E-state index in [9.17, 15) is 0 Å². The van der Waals surface area contributed by atoms with Crippen molar-refractivity contribution < 1.29 is 4.42 Å². The molecule has 0 saturated heterocycles. The zero-order valence-corrected chi connectivity index (χ0v) is 8.84. The molecule has 1 aliphatic rings. The summed E-state index contributed by atoms with van der Waals surface area (Å²) >= 11 is 0. The van der Waals surface area contributed by atoms with Crippen LogP contribution in [0, 0.1) is 6.92 Å². The summed E-state index contributed by atoms with van der Waals surface area (Å²) in [6.07, 6.45) is 6.95. The number of aryl methyl sites for hydroxylation is 1. The van der Waals surface area contributed by atoms with Gasteiger partial charge >= 0.3 is 0 Å². The van der Waals surface area contributed by atoms with Crippen molar-refractivity contribution >= 4 is 0 Å². The van der Waals surface area contributed by atoms with E-state index in [2.05, 4.69) is 4.98 Å². The molecule has 0 radical (unpaired) electrons. The Morgan fingerprint density at radius 1 is 1.31 bits per heavy atom. The van der Waals surface area contributed by atoms with Gasteiger partial charge in [0.2, 0.25) is 0 Å². The predicted molar refractivity (Wildman–Crippen MR) is 53.8 cm³/mol. The summed E-state index contributed by atoms with van der Waals surface area (Å²) in [7, 11) is 0. The Balaban J connectivity index is 0.000000396. The second-order valence-corrected chi connectivity index (χ2v) is 3.31. The zero-order valence-electron chi connectivity index (χ0n) is 8.84. The first-order chi connectivity index (χ1) is 6.36. The molecule has 74 valence electrons. The monoisotopic (exact) mass is 181 g/mol. The highest BCUT2D eigenvalue weighted by Crippen LogP contribution is 2.33. The SMILES string of the molecule is CC.Cc1coc(C2CCCC2)n1. The molecule has 1 saturated carbocycles. The first-order valence-electron chi connectivity index (χ1n) is 5.28. The van der Waals surface area contributed by atoms with Crippen molar-refractivity contribution in [3.05, 3.63) is 17.8 Å². The topological polar surface area (TPSA) is 26.0 Å². The van der Waals surface area contributed by atoms with E-state index in [0.717, 1.165) is 11.6 Å². The van der Waals surface area contributed by atoms with Crippen LogP contribution in [0.15, 0.2) is 10.7 Å². The molecule has 0 atom stereocenters. The van der Waals surface area contributed by atoms with E-state index in [1.165, 1.54) is 25.7 Å². The first-order valence-corrected chi connectivity index (χ1v) is 5.28. The maximum Gasteiger partial charge on any atom is 0.197 e. The number of hydrogen-bond acceptors (Lipinski definition) is 2. The molecule has 1 heterocycles. The minimum absolute atomic E-state index is 0.615. The maximum atomic E-state index is 5.34. The van der Waals surface area contributed by atoms with Crippen molar-refractivity contribution in [2.45, 2.75) is 52.4 Å². The number of hydrogen-bond donors (Lipinski definition) is 0. The van der Waals surface area contributed by atoms with Gasteiger partial charge in [0.05, 0.1) is 5.69 Å². The smallest absolute Gasteiger partial charge is 0.197 e. The van der Waals surface area contributed by atoms with Gasteiger partial charge in [0, 0.05) is 5.92 Å². The van der Waals surface area contributed by atoms with Crippen molar-refractivity contribution in [2.24, 2.45) is 0 Å². The van der Waals surface area contributed by atoms with Gasteiger partial charge in [-0.25, -0.2) is 4.98 Å². The van der Waals surface area contributed by atoms with Gasteiger partial charge in [-0.1, -0.05) is 26.7 Å². The molecule has 0 spiro atoms. The fourth-order valence-electron chi connectivity index (χ4n) is 1.73. The van der Waals surface area contributed by atoms with E-state index in [0.29, 0.717) is 5.92 Å². The van der Waals surface area contributed by atoms with Gasteiger partial charge in [0.1, 0.15) is 6.26 Å². The van der Waals surface area contributed by atoms with Gasteiger partial charge in [-0.15, -0.1) is 0 Å². The molecule has 1 aromatic heterocycles. The Morgan fingerprint density at radius 3 is 2.38 bits per heavy atom. The molecule has 13 heavy (non-hydrogen) atoms. The van der Waals surface area contributed by atoms with Gasteiger partial charge in [0.15, 0.2) is 5.89 Å². The molecule has 0 N–H and O–H groups in total. The average molecular weight is 181 g/mol. The van der Waals surface area contributed by atoms with Gasteiger partial charge in [0.25, 0.3) is 0 Å². The van der Waals surface area contributed by atoms with E-state index < -0.39 is 0 Å². The third-order valence-corrected chi connectivity index (χ3v) is 2.34. The van der Waals surface area contributed by atoms with Crippen LogP contribution >= 0.6 is 0 Å². The van der Waals surface area contributed by atoms with Crippen molar-refractivity contribution in [3.63, 3.8) is 0 Å². The fraction of sp³-hybridized carbons (Fsp3) is 0.727. The minimum atomic E-state index is 0.615. The number of nitrogens with zero attached hydrogens (tertiary/aromatic N) is 1. The lowest BCUT2D eigenvalue weighted by atomic mass is 10.1. The summed E-state index contributed by atoms with van der Waals surface area (Å²) in [5.74, 6) is 1.57. The van der Waals surface area contributed by atoms with Crippen LogP contribution in [0.3, 0.4) is 0 Å². The summed E-state index contributed by atoms with van der Waals surface area (Å²) in [4.78, 5) is 4.33. The third-order valence-electron chi connectivity index (χ3n) is 2.34. The Kier molecular flexibility index (Phi) is 4.00. The fourth-order valence-corrected chi connectivity index (χ4v) is 1.73. The van der Waals surface area contributed by atoms with Crippen LogP contribution in [-0.2, 0) is 0 Å². The molecule has 2 heteroatoms. The summed E-state index contributed by atoms with van der Waals surface area (Å²) in [5.41, 5.74) is 1.01. The molecule has 0 aliphatic heterocycles. The number of rotatable bonds is 1. The highest BCUT2D eigenvalue weighted by Gasteiger charge is 2.20. The van der Waals surface area contributed by atoms with Crippen LogP contribution in [0.4, 0.5) is 0 Å². The quantitative estimate of drug-likeness (QED) is 0.660. The van der Waals surface area contributed by atoms with Crippen LogP contribution < -0.4 is 0 Å². The molecular weight excluding hydrogens is 162 g/mol. The summed E-state index contributed by atoms with van der Waals surface area (Å²) in [6.45, 7) is 5.97. The number of oxazole rings is 1. The molecular formula is C11H19NO. The molecule has 2 rings (SSSR count). The lowest BCUT2D eigenvalue weighted by molar-refractivity contribution is 0.448. The third kappa shape index (κ3) is 2.58. The standard InChI is InChI=1S/C9H13NO.C2H6/c1-7-6-11-9(10-7)8-4-2-3-5-8;1-2/h6,8H,2-5H2,1H3;1-2H3. The van der Waals surface area contributed by atoms with Crippen molar-refractivity contribution in [2.75, 3.05) is 0 Å². The second kappa shape index (κ2) is 5.05. The molecule has 0 unspecified atom stereocenters. The van der Waals surface area contributed by atoms with Crippen molar-refractivity contribution in [1.29, 1.82) is 0 Å². The second-order valence-electron chi connectivity index (χ2n) is 3.31. The highest BCUT2D eigenvalue weighted by atomic mass is 16.3. The molecule has 0 bridgehead atoms. The van der Waals surface area contributed by atoms with Crippen LogP contribution in [0.5, 0.6) is 0 Å². The lowest BCUT2D eigenvalue weighted by Gasteiger charge is -2.00. The lowest BCUT2D eigenvalue weighted by Crippen LogP contribution is -1.91. The highest BCUT2D eigenvalue weighted by molar-refractivity contribution is 5.00. The van der Waals surface area contributed by atoms with E-state index in [-0.39, 0.29) is 0 Å². The molecule has 1 aliphatic carbocycles. The molecule has 0 amide bonds. The molecule has 0 aromatic carbocycles. The Morgan fingerprint density at radius 2 is 1.92 bits per heavy atom. The van der Waals surface area contributed by atoms with Crippen LogP contribution in [0.1, 0.15) is 57.0 Å². The summed E-state index contributed by atoms with van der Waals surface area (Å²) in [6, 6.07) is 0. The van der Waals surface area contributed by atoms with Crippen molar-refractivity contribution in [3.8, 4) is 0 Å². The van der Waals surface area contributed by atoms with E-state index >= 15 is 0 Å². The predicted octanol–water partition coefficient (Wildman–Crippen LogP) is 3.67. The Hall–Kier alpha value is -0.790. The van der Waals surface area contributed by atoms with Crippen molar-refractivity contribution in [1.82, 2.24) is 4.98 Å². The van der Waals surface area contributed by atoms with Crippen LogP contribution in [0.2, 0.25) is 0 Å². The van der Waals surface area contributed by atoms with Gasteiger partial charge in [-0.3, -0.25) is 0 Å². The van der Waals surface area contributed by atoms with Gasteiger partial charge in [-0.2, -0.15) is 0 Å². The van der Waals surface area contributed by atoms with Crippen LogP contribution in [-0.4, -0.2) is 4.98 Å². The van der Waals surface area contributed by atoms with E-state index in [4.69, 9.17) is 4.42 Å². The number of aromatic nitrogens is 1. The normalized spacial score (nSPS) is 16.8. The van der Waals surface area contributed by atoms with Crippen LogP contribution in [0.25, 0.3) is 0 Å². The van der Waals surface area contributed by atoms with Gasteiger partial charge in [-0.05, 0) is 19.8 Å². The largest absolute Gasteiger partial charge is 0.448 e. The van der Waals surface area contributed by atoms with E-state index in [1.807, 2.05) is 20.8 Å². The minimum Gasteiger partial charge on any atom is -0.448 e. The summed E-state index contributed by atoms with van der Waals surface area (Å²) in [5, 5.41) is 0. The van der Waals surface area contributed by atoms with E-state index in [1.54, 1.807) is 6.26 Å². The maximum absolute atomic E-state index is 5.34. The molecule has 2 nitrogen and oxygen atoms in total. The molecule has 1 aromatic rings. The molecule has 1 fully saturated rings. The summed E-state index contributed by atoms with van der Waals surface area (Å²) < 4.78 is 5.34. The Bertz CT molecular complexity index is 236. The zero-order chi connectivity index (χ0) is 9.68. The Labute approximate surface area is 80.4 Å². The van der Waals surface area contributed by atoms with Gasteiger partial charge < -0.3 is 4.42 Å².